The number of nitrogens with zero attached hydrogens (tertiary/aromatic N) is 2. The number of hydrogen-bond acceptors (Lipinski definition) is 3. The van der Waals surface area contributed by atoms with Crippen LogP contribution in [0.15, 0.2) is 24.3 Å². The second-order valence-corrected chi connectivity index (χ2v) is 7.28. The SMILES string of the molecule is CN1CCC[C@]2(C(=O)O)CCN(C(=O)CCc3ccc(F)cc3)C[C@@H]12. The summed E-state index contributed by atoms with van der Waals surface area (Å²) >= 11 is 0. The van der Waals surface area contributed by atoms with Gasteiger partial charge in [0.05, 0.1) is 5.41 Å². The number of carbonyl (C=O) groups excluding carboxylic acids is 1. The Bertz CT molecular complexity index is 649. The van der Waals surface area contributed by atoms with E-state index in [0.717, 1.165) is 18.5 Å². The molecule has 0 unspecified atom stereocenters. The van der Waals surface area contributed by atoms with Gasteiger partial charge < -0.3 is 14.9 Å². The average molecular weight is 348 g/mol. The number of carboxylic acids is 1. The van der Waals surface area contributed by atoms with E-state index in [-0.39, 0.29) is 17.8 Å². The molecule has 2 aliphatic heterocycles. The Morgan fingerprint density at radius 3 is 2.64 bits per heavy atom. The highest BCUT2D eigenvalue weighted by molar-refractivity contribution is 5.79. The van der Waals surface area contributed by atoms with Gasteiger partial charge >= 0.3 is 5.97 Å². The molecular formula is C19H25FN2O3. The van der Waals surface area contributed by atoms with Gasteiger partial charge in [0, 0.05) is 25.6 Å². The third-order valence-electron chi connectivity index (χ3n) is 5.84. The van der Waals surface area contributed by atoms with Gasteiger partial charge in [0.1, 0.15) is 5.82 Å². The predicted molar refractivity (Wildman–Crippen MR) is 91.6 cm³/mol. The Morgan fingerprint density at radius 2 is 1.96 bits per heavy atom. The summed E-state index contributed by atoms with van der Waals surface area (Å²) < 4.78 is 12.9. The molecule has 3 rings (SSSR count). The fraction of sp³-hybridized carbons (Fsp3) is 0.579. The second kappa shape index (κ2) is 7.12. The number of rotatable bonds is 4. The van der Waals surface area contributed by atoms with Crippen LogP contribution in [-0.4, -0.2) is 59.5 Å². The number of likely N-dealkylation sites (tertiary alicyclic amines) is 2. The van der Waals surface area contributed by atoms with Crippen molar-refractivity contribution in [1.82, 2.24) is 9.80 Å². The summed E-state index contributed by atoms with van der Waals surface area (Å²) in [4.78, 5) is 28.4. The van der Waals surface area contributed by atoms with Crippen LogP contribution < -0.4 is 0 Å². The van der Waals surface area contributed by atoms with Crippen molar-refractivity contribution in [2.24, 2.45) is 5.41 Å². The van der Waals surface area contributed by atoms with Crippen molar-refractivity contribution in [2.75, 3.05) is 26.7 Å². The number of aliphatic carboxylic acids is 1. The summed E-state index contributed by atoms with van der Waals surface area (Å²) in [5, 5.41) is 9.78. The summed E-state index contributed by atoms with van der Waals surface area (Å²) in [6, 6.07) is 6.08. The maximum Gasteiger partial charge on any atom is 0.311 e. The Balaban J connectivity index is 1.63. The first-order valence-electron chi connectivity index (χ1n) is 8.88. The number of amides is 1. The van der Waals surface area contributed by atoms with E-state index in [4.69, 9.17) is 0 Å². The molecule has 1 aromatic carbocycles. The van der Waals surface area contributed by atoms with Crippen LogP contribution in [0.25, 0.3) is 0 Å². The van der Waals surface area contributed by atoms with E-state index < -0.39 is 11.4 Å². The minimum absolute atomic E-state index is 0.0438. The van der Waals surface area contributed by atoms with E-state index >= 15 is 0 Å². The number of likely N-dealkylation sites (N-methyl/N-ethyl adjacent to an activating group) is 1. The summed E-state index contributed by atoms with van der Waals surface area (Å²) in [5.41, 5.74) is 0.210. The summed E-state index contributed by atoms with van der Waals surface area (Å²) in [5.74, 6) is -0.971. The third kappa shape index (κ3) is 3.54. The van der Waals surface area contributed by atoms with Crippen molar-refractivity contribution >= 4 is 11.9 Å². The number of hydrogen-bond donors (Lipinski definition) is 1. The topological polar surface area (TPSA) is 60.9 Å². The van der Waals surface area contributed by atoms with Crippen LogP contribution in [0.5, 0.6) is 0 Å². The molecule has 0 bridgehead atoms. The van der Waals surface area contributed by atoms with Crippen molar-refractivity contribution in [3.05, 3.63) is 35.6 Å². The molecule has 1 amide bonds. The molecule has 0 spiro atoms. The van der Waals surface area contributed by atoms with Gasteiger partial charge in [-0.1, -0.05) is 12.1 Å². The Kier molecular flexibility index (Phi) is 5.08. The highest BCUT2D eigenvalue weighted by atomic mass is 19.1. The summed E-state index contributed by atoms with van der Waals surface area (Å²) in [6.45, 7) is 1.85. The van der Waals surface area contributed by atoms with Crippen molar-refractivity contribution in [1.29, 1.82) is 0 Å². The van der Waals surface area contributed by atoms with Crippen molar-refractivity contribution in [3.8, 4) is 0 Å². The Hall–Kier alpha value is -1.95. The quantitative estimate of drug-likeness (QED) is 0.906. The molecule has 2 saturated heterocycles. The summed E-state index contributed by atoms with van der Waals surface area (Å²) in [6.07, 6.45) is 3.02. The zero-order valence-corrected chi connectivity index (χ0v) is 14.6. The highest BCUT2D eigenvalue weighted by Gasteiger charge is 2.52. The maximum absolute atomic E-state index is 12.9. The fourth-order valence-corrected chi connectivity index (χ4v) is 4.27. The van der Waals surface area contributed by atoms with E-state index in [1.54, 1.807) is 17.0 Å². The Morgan fingerprint density at radius 1 is 1.24 bits per heavy atom. The van der Waals surface area contributed by atoms with Gasteiger partial charge in [0.25, 0.3) is 0 Å². The van der Waals surface area contributed by atoms with Gasteiger partial charge in [0.2, 0.25) is 5.91 Å². The van der Waals surface area contributed by atoms with Gasteiger partial charge in [-0.05, 0) is 57.0 Å². The molecule has 2 fully saturated rings. The maximum atomic E-state index is 12.9. The lowest BCUT2D eigenvalue weighted by Crippen LogP contribution is -2.63. The molecule has 2 aliphatic rings. The molecule has 6 heteroatoms. The minimum atomic E-state index is -0.734. The monoisotopic (exact) mass is 348 g/mol. The molecule has 0 saturated carbocycles. The number of halogens is 1. The minimum Gasteiger partial charge on any atom is -0.481 e. The lowest BCUT2D eigenvalue weighted by atomic mass is 9.68. The molecule has 5 nitrogen and oxygen atoms in total. The number of carbonyl (C=O) groups is 2. The number of aryl methyl sites for hydroxylation is 1. The van der Waals surface area contributed by atoms with Crippen LogP contribution in [0.4, 0.5) is 4.39 Å². The third-order valence-corrected chi connectivity index (χ3v) is 5.84. The number of piperidine rings is 2. The van der Waals surface area contributed by atoms with E-state index in [9.17, 15) is 19.1 Å². The molecule has 0 aromatic heterocycles. The average Bonchev–Trinajstić information content (AvgIpc) is 2.61. The number of carboxylic acid groups (broad SMARTS) is 1. The van der Waals surface area contributed by atoms with E-state index in [0.29, 0.717) is 38.8 Å². The van der Waals surface area contributed by atoms with Crippen LogP contribution >= 0.6 is 0 Å². The smallest absolute Gasteiger partial charge is 0.311 e. The van der Waals surface area contributed by atoms with Gasteiger partial charge in [0.15, 0.2) is 0 Å². The second-order valence-electron chi connectivity index (χ2n) is 7.28. The fourth-order valence-electron chi connectivity index (χ4n) is 4.27. The van der Waals surface area contributed by atoms with Gasteiger partial charge in [-0.15, -0.1) is 0 Å². The van der Waals surface area contributed by atoms with Crippen LogP contribution in [-0.2, 0) is 16.0 Å². The zero-order valence-electron chi connectivity index (χ0n) is 14.6. The van der Waals surface area contributed by atoms with Crippen molar-refractivity contribution in [2.45, 2.75) is 38.1 Å². The van der Waals surface area contributed by atoms with Crippen LogP contribution in [0, 0.1) is 11.2 Å². The van der Waals surface area contributed by atoms with Crippen molar-refractivity contribution in [3.63, 3.8) is 0 Å². The Labute approximate surface area is 147 Å². The zero-order chi connectivity index (χ0) is 18.0. The summed E-state index contributed by atoms with van der Waals surface area (Å²) in [7, 11) is 1.95. The molecule has 2 heterocycles. The molecular weight excluding hydrogens is 323 g/mol. The molecule has 1 N–H and O–H groups in total. The highest BCUT2D eigenvalue weighted by Crippen LogP contribution is 2.42. The van der Waals surface area contributed by atoms with Crippen molar-refractivity contribution < 1.29 is 19.1 Å². The van der Waals surface area contributed by atoms with E-state index in [1.807, 2.05) is 7.05 Å². The standard InChI is InChI=1S/C19H25FN2O3/c1-21-11-2-9-19(18(24)25)10-12-22(13-16(19)21)17(23)8-5-14-3-6-15(20)7-4-14/h3-4,6-7,16H,2,5,8-13H2,1H3,(H,24,25)/t16-,19+/m1/s1. The lowest BCUT2D eigenvalue weighted by molar-refractivity contribution is -0.165. The number of benzene rings is 1. The van der Waals surface area contributed by atoms with Crippen LogP contribution in [0.2, 0.25) is 0 Å². The first kappa shape index (κ1) is 17.9. The van der Waals surface area contributed by atoms with Crippen LogP contribution in [0.1, 0.15) is 31.2 Å². The van der Waals surface area contributed by atoms with Gasteiger partial charge in [-0.25, -0.2) is 4.39 Å². The predicted octanol–water partition coefficient (Wildman–Crippen LogP) is 2.16. The normalized spacial score (nSPS) is 27.0. The molecule has 0 radical (unpaired) electrons. The van der Waals surface area contributed by atoms with E-state index in [1.165, 1.54) is 12.1 Å². The first-order chi connectivity index (χ1) is 11.9. The molecule has 2 atom stereocenters. The first-order valence-corrected chi connectivity index (χ1v) is 8.88. The molecule has 136 valence electrons. The van der Waals surface area contributed by atoms with Crippen LogP contribution in [0.3, 0.4) is 0 Å². The largest absolute Gasteiger partial charge is 0.481 e. The lowest BCUT2D eigenvalue weighted by Gasteiger charge is -2.51. The van der Waals surface area contributed by atoms with Gasteiger partial charge in [-0.3, -0.25) is 9.59 Å². The molecule has 1 aromatic rings. The molecule has 0 aliphatic carbocycles. The van der Waals surface area contributed by atoms with E-state index in [2.05, 4.69) is 4.90 Å². The molecule has 25 heavy (non-hydrogen) atoms. The number of fused-ring (bicyclic) bond motifs is 1. The van der Waals surface area contributed by atoms with Gasteiger partial charge in [-0.2, -0.15) is 0 Å².